The molecule has 5 heteroatoms. The summed E-state index contributed by atoms with van der Waals surface area (Å²) in [6, 6.07) is 14.0. The second-order valence-electron chi connectivity index (χ2n) is 4.70. The van der Waals surface area contributed by atoms with E-state index in [0.717, 1.165) is 27.4 Å². The third-order valence-corrected chi connectivity index (χ3v) is 5.06. The minimum absolute atomic E-state index is 0.103. The summed E-state index contributed by atoms with van der Waals surface area (Å²) in [5.41, 5.74) is 7.41. The average molecular weight is 387 g/mol. The number of rotatable bonds is 6. The molecule has 112 valence electrons. The predicted octanol–water partition coefficient (Wildman–Crippen LogP) is 4.77. The van der Waals surface area contributed by atoms with E-state index in [9.17, 15) is 0 Å². The third-order valence-electron chi connectivity index (χ3n) is 2.99. The van der Waals surface area contributed by atoms with Crippen LogP contribution in [0, 0.1) is 0 Å². The fourth-order valence-electron chi connectivity index (χ4n) is 1.93. The summed E-state index contributed by atoms with van der Waals surface area (Å²) >= 11 is 11.1. The standard InChI is InChI=1S/C16H17BrClNOS/c1-20-16-7-2-11(9-15(16)17)8-13(19)10-21-14-5-3-12(18)4-6-14/h2-7,9,13H,8,10,19H2,1H3. The van der Waals surface area contributed by atoms with Gasteiger partial charge >= 0.3 is 0 Å². The molecule has 2 aromatic carbocycles. The lowest BCUT2D eigenvalue weighted by molar-refractivity contribution is 0.412. The van der Waals surface area contributed by atoms with Gasteiger partial charge in [-0.1, -0.05) is 17.7 Å². The van der Waals surface area contributed by atoms with E-state index in [4.69, 9.17) is 22.1 Å². The van der Waals surface area contributed by atoms with Crippen LogP contribution in [0.5, 0.6) is 5.75 Å². The number of benzene rings is 2. The smallest absolute Gasteiger partial charge is 0.133 e. The normalized spacial score (nSPS) is 12.2. The topological polar surface area (TPSA) is 35.2 Å². The Morgan fingerprint density at radius 1 is 1.24 bits per heavy atom. The Labute approximate surface area is 143 Å². The number of hydrogen-bond donors (Lipinski definition) is 1. The van der Waals surface area contributed by atoms with Crippen LogP contribution in [0.15, 0.2) is 51.8 Å². The zero-order valence-corrected chi connectivity index (χ0v) is 14.8. The number of thioether (sulfide) groups is 1. The highest BCUT2D eigenvalue weighted by molar-refractivity contribution is 9.10. The lowest BCUT2D eigenvalue weighted by atomic mass is 10.1. The molecule has 2 rings (SSSR count). The molecule has 2 aromatic rings. The highest BCUT2D eigenvalue weighted by Crippen LogP contribution is 2.26. The first-order chi connectivity index (χ1) is 10.1. The molecule has 0 fully saturated rings. The lowest BCUT2D eigenvalue weighted by Gasteiger charge is -2.12. The molecular formula is C16H17BrClNOS. The number of hydrogen-bond acceptors (Lipinski definition) is 3. The van der Waals surface area contributed by atoms with Crippen molar-refractivity contribution in [1.82, 2.24) is 0 Å². The largest absolute Gasteiger partial charge is 0.496 e. The van der Waals surface area contributed by atoms with Gasteiger partial charge in [0.15, 0.2) is 0 Å². The fraction of sp³-hybridized carbons (Fsp3) is 0.250. The third kappa shape index (κ3) is 5.22. The summed E-state index contributed by atoms with van der Waals surface area (Å²) in [6.45, 7) is 0. The molecule has 21 heavy (non-hydrogen) atoms. The van der Waals surface area contributed by atoms with Crippen LogP contribution in [0.4, 0.5) is 0 Å². The van der Waals surface area contributed by atoms with E-state index in [1.165, 1.54) is 10.5 Å². The molecule has 0 bridgehead atoms. The van der Waals surface area contributed by atoms with Gasteiger partial charge in [-0.3, -0.25) is 0 Å². The first-order valence-electron chi connectivity index (χ1n) is 6.55. The van der Waals surface area contributed by atoms with Gasteiger partial charge in [0.05, 0.1) is 11.6 Å². The maximum absolute atomic E-state index is 6.21. The van der Waals surface area contributed by atoms with Crippen molar-refractivity contribution in [2.24, 2.45) is 5.73 Å². The highest BCUT2D eigenvalue weighted by atomic mass is 79.9. The Bertz CT molecular complexity index is 591. The quantitative estimate of drug-likeness (QED) is 0.726. The fourth-order valence-corrected chi connectivity index (χ4v) is 3.50. The van der Waals surface area contributed by atoms with E-state index in [0.29, 0.717) is 0 Å². The van der Waals surface area contributed by atoms with E-state index in [-0.39, 0.29) is 6.04 Å². The van der Waals surface area contributed by atoms with E-state index < -0.39 is 0 Å². The SMILES string of the molecule is COc1ccc(CC(N)CSc2ccc(Cl)cc2)cc1Br. The van der Waals surface area contributed by atoms with Gasteiger partial charge in [0.25, 0.3) is 0 Å². The molecule has 1 unspecified atom stereocenters. The Kier molecular flexibility index (Phi) is 6.42. The van der Waals surface area contributed by atoms with Crippen molar-refractivity contribution in [2.75, 3.05) is 12.9 Å². The Balaban J connectivity index is 1.88. The lowest BCUT2D eigenvalue weighted by Crippen LogP contribution is -2.25. The molecule has 0 radical (unpaired) electrons. The van der Waals surface area contributed by atoms with Gasteiger partial charge in [-0.05, 0) is 64.3 Å². The van der Waals surface area contributed by atoms with Gasteiger partial charge in [0.2, 0.25) is 0 Å². The molecule has 2 nitrogen and oxygen atoms in total. The van der Waals surface area contributed by atoms with Crippen LogP contribution in [-0.2, 0) is 6.42 Å². The van der Waals surface area contributed by atoms with Gasteiger partial charge < -0.3 is 10.5 Å². The maximum atomic E-state index is 6.21. The van der Waals surface area contributed by atoms with Gasteiger partial charge in [-0.25, -0.2) is 0 Å². The molecule has 0 aromatic heterocycles. The van der Waals surface area contributed by atoms with E-state index in [1.807, 2.05) is 30.3 Å². The zero-order valence-electron chi connectivity index (χ0n) is 11.7. The predicted molar refractivity (Wildman–Crippen MR) is 94.5 cm³/mol. The summed E-state index contributed by atoms with van der Waals surface area (Å²) in [4.78, 5) is 1.19. The van der Waals surface area contributed by atoms with E-state index in [2.05, 4.69) is 28.1 Å². The van der Waals surface area contributed by atoms with Crippen LogP contribution in [0.3, 0.4) is 0 Å². The number of halogens is 2. The van der Waals surface area contributed by atoms with Crippen molar-refractivity contribution >= 4 is 39.3 Å². The molecule has 0 aliphatic carbocycles. The van der Waals surface area contributed by atoms with Gasteiger partial charge in [-0.2, -0.15) is 0 Å². The second kappa shape index (κ2) is 8.08. The Morgan fingerprint density at radius 3 is 2.57 bits per heavy atom. The molecule has 0 amide bonds. The Morgan fingerprint density at radius 2 is 1.95 bits per heavy atom. The summed E-state index contributed by atoms with van der Waals surface area (Å²) in [7, 11) is 1.66. The van der Waals surface area contributed by atoms with Crippen molar-refractivity contribution in [3.05, 3.63) is 57.5 Å². The van der Waals surface area contributed by atoms with Crippen molar-refractivity contribution < 1.29 is 4.74 Å². The number of methoxy groups -OCH3 is 1. The van der Waals surface area contributed by atoms with E-state index >= 15 is 0 Å². The van der Waals surface area contributed by atoms with Crippen LogP contribution in [-0.4, -0.2) is 18.9 Å². The Hall–Kier alpha value is -0.680. The van der Waals surface area contributed by atoms with Crippen LogP contribution in [0.2, 0.25) is 5.02 Å². The van der Waals surface area contributed by atoms with Gasteiger partial charge in [0, 0.05) is 21.7 Å². The zero-order chi connectivity index (χ0) is 15.2. The summed E-state index contributed by atoms with van der Waals surface area (Å²) in [5, 5.41) is 0.756. The minimum Gasteiger partial charge on any atom is -0.496 e. The molecule has 0 saturated heterocycles. The van der Waals surface area contributed by atoms with Crippen molar-refractivity contribution in [1.29, 1.82) is 0 Å². The first-order valence-corrected chi connectivity index (χ1v) is 8.70. The van der Waals surface area contributed by atoms with Crippen LogP contribution < -0.4 is 10.5 Å². The summed E-state index contributed by atoms with van der Waals surface area (Å²) in [6.07, 6.45) is 0.836. The van der Waals surface area contributed by atoms with Crippen molar-refractivity contribution in [3.63, 3.8) is 0 Å². The molecule has 0 spiro atoms. The summed E-state index contributed by atoms with van der Waals surface area (Å²) in [5.74, 6) is 1.70. The van der Waals surface area contributed by atoms with Crippen molar-refractivity contribution in [2.45, 2.75) is 17.4 Å². The molecule has 0 saturated carbocycles. The molecular weight excluding hydrogens is 370 g/mol. The maximum Gasteiger partial charge on any atom is 0.133 e. The minimum atomic E-state index is 0.103. The molecule has 2 N–H and O–H groups in total. The van der Waals surface area contributed by atoms with Crippen LogP contribution in [0.25, 0.3) is 0 Å². The molecule has 1 atom stereocenters. The van der Waals surface area contributed by atoms with Crippen LogP contribution >= 0.6 is 39.3 Å². The first kappa shape index (κ1) is 16.7. The number of nitrogens with two attached hydrogens (primary N) is 1. The van der Waals surface area contributed by atoms with Gasteiger partial charge in [0.1, 0.15) is 5.75 Å². The highest BCUT2D eigenvalue weighted by Gasteiger charge is 2.08. The number of ether oxygens (including phenoxy) is 1. The molecule has 0 heterocycles. The summed E-state index contributed by atoms with van der Waals surface area (Å²) < 4.78 is 6.19. The van der Waals surface area contributed by atoms with E-state index in [1.54, 1.807) is 18.9 Å². The molecule has 0 aliphatic heterocycles. The molecule has 0 aliphatic rings. The average Bonchev–Trinajstić information content (AvgIpc) is 2.47. The monoisotopic (exact) mass is 385 g/mol. The second-order valence-corrected chi connectivity index (χ2v) is 7.08. The van der Waals surface area contributed by atoms with Gasteiger partial charge in [-0.15, -0.1) is 11.8 Å². The van der Waals surface area contributed by atoms with Crippen molar-refractivity contribution in [3.8, 4) is 5.75 Å². The van der Waals surface area contributed by atoms with Crippen LogP contribution in [0.1, 0.15) is 5.56 Å².